The quantitative estimate of drug-likeness (QED) is 0.160. The Kier molecular flexibility index (Phi) is 16.3. The molecule has 0 fully saturated rings. The number of carbonyl (C=O) groups excluding carboxylic acids is 1. The van der Waals surface area contributed by atoms with Gasteiger partial charge in [0, 0.05) is 26.9 Å². The Labute approximate surface area is 353 Å². The first-order chi connectivity index (χ1) is 28.8. The van der Waals surface area contributed by atoms with Crippen molar-refractivity contribution in [1.29, 1.82) is 0 Å². The summed E-state index contributed by atoms with van der Waals surface area (Å²) in [5, 5.41) is 11.2. The van der Waals surface area contributed by atoms with Gasteiger partial charge < -0.3 is 28.7 Å². The Balaban J connectivity index is 0.000000161. The lowest BCUT2D eigenvalue weighted by molar-refractivity contribution is 0.0853. The lowest BCUT2D eigenvalue weighted by atomic mass is 10.1. The van der Waals surface area contributed by atoms with Crippen molar-refractivity contribution in [3.05, 3.63) is 173 Å². The Hall–Kier alpha value is -6.16. The van der Waals surface area contributed by atoms with Crippen molar-refractivity contribution in [3.8, 4) is 0 Å². The fraction of sp³-hybridized carbons (Fsp3) is 0.244. The number of sulfone groups is 1. The maximum atomic E-state index is 12.6. The van der Waals surface area contributed by atoms with Gasteiger partial charge in [-0.15, -0.1) is 0 Å². The molecule has 0 bridgehead atoms. The van der Waals surface area contributed by atoms with Gasteiger partial charge in [0.15, 0.2) is 23.4 Å². The molecule has 3 heterocycles. The monoisotopic (exact) mass is 851 g/mol. The van der Waals surface area contributed by atoms with Crippen LogP contribution >= 0.6 is 0 Å². The highest BCUT2D eigenvalue weighted by molar-refractivity contribution is 8.06. The molecule has 5 aromatic carbocycles. The first-order valence-corrected chi connectivity index (χ1v) is 21.5. The molecule has 5 aromatic rings. The number of ether oxygens (including phenoxy) is 1. The van der Waals surface area contributed by atoms with Gasteiger partial charge in [-0.05, 0) is 60.7 Å². The molecule has 3 aliphatic heterocycles. The van der Waals surface area contributed by atoms with Gasteiger partial charge in [-0.1, -0.05) is 160 Å². The second-order valence-electron chi connectivity index (χ2n) is 14.0. The molecule has 8 rings (SSSR count). The summed E-state index contributed by atoms with van der Waals surface area (Å²) in [6, 6.07) is 44.0. The number of hydrogen-bond donors (Lipinski definition) is 0. The average Bonchev–Trinajstić information content (AvgIpc) is 4.06. The van der Waals surface area contributed by atoms with E-state index in [9.17, 15) is 22.0 Å². The molecule has 1 amide bonds. The summed E-state index contributed by atoms with van der Waals surface area (Å²) in [6.45, 7) is 6.00. The van der Waals surface area contributed by atoms with E-state index in [2.05, 4.69) is 34.5 Å². The third-order valence-corrected chi connectivity index (χ3v) is 11.4. The van der Waals surface area contributed by atoms with Gasteiger partial charge in [0.05, 0.1) is 11.3 Å². The molecule has 0 aromatic heterocycles. The van der Waals surface area contributed by atoms with E-state index in [1.807, 2.05) is 117 Å². The first kappa shape index (κ1) is 44.9. The molecule has 0 aliphatic carbocycles. The van der Waals surface area contributed by atoms with Gasteiger partial charge in [-0.2, -0.15) is 0 Å². The average molecular weight is 852 g/mol. The third-order valence-electron chi connectivity index (χ3n) is 9.06. The molecule has 3 aliphatic rings. The fourth-order valence-corrected chi connectivity index (χ4v) is 7.29. The minimum Gasteiger partial charge on any atom is -0.767 e. The minimum absolute atomic E-state index is 0.0823. The van der Waals surface area contributed by atoms with Crippen molar-refractivity contribution in [3.63, 3.8) is 0 Å². The zero-order chi connectivity index (χ0) is 43.1. The molecule has 0 saturated heterocycles. The van der Waals surface area contributed by atoms with Crippen LogP contribution in [0.5, 0.6) is 0 Å². The summed E-state index contributed by atoms with van der Waals surface area (Å²) in [4.78, 5) is 28.5. The van der Waals surface area contributed by atoms with Crippen LogP contribution in [0.15, 0.2) is 160 Å². The van der Waals surface area contributed by atoms with E-state index in [4.69, 9.17) is 19.2 Å². The van der Waals surface area contributed by atoms with Crippen LogP contribution in [0.25, 0.3) is 0 Å². The normalized spacial score (nSPS) is 18.0. The number of carbonyl (C=O) groups is 1. The van der Waals surface area contributed by atoms with Crippen LogP contribution < -0.4 is 0 Å². The van der Waals surface area contributed by atoms with Crippen molar-refractivity contribution in [2.45, 2.75) is 63.2 Å². The summed E-state index contributed by atoms with van der Waals surface area (Å²) in [5.41, 5.74) is 6.38. The summed E-state index contributed by atoms with van der Waals surface area (Å²) in [5.74, 6) is 0.317. The number of nitrogens with zero attached hydrogens (tertiary/aromatic N) is 4. The maximum Gasteiger partial charge on any atom is 0.415 e. The Morgan fingerprint density at radius 2 is 1.05 bits per heavy atom. The largest absolute Gasteiger partial charge is 0.767 e. The molecule has 4 atom stereocenters. The van der Waals surface area contributed by atoms with Gasteiger partial charge >= 0.3 is 6.09 Å². The summed E-state index contributed by atoms with van der Waals surface area (Å²) in [7, 11) is -0.343. The standard InChI is InChI=1S/C17H17NO3S.C12H14N2O3.C9H9NO3S.C7H8/c1-12-3-7-14(8-4-12)16-11-17(18-21-16)22(19,20)15-9-5-13(2)6-10-15;1-14(2)12(15)16-11-8-10(17-13-11)9-6-4-3-5-7-9;11-14(12)9-6-8(13-10-9)7-4-2-1-3-5-7;1-7-5-3-2-4-6-7/h3-10,16H,11H2,1-2H3;3-7,10H,8H2,1-2H3;1-5,8H,6H2,(H,11,12);2-6H,1H3/p-1. The van der Waals surface area contributed by atoms with Crippen LogP contribution in [0.1, 0.15) is 71.0 Å². The molecule has 0 radical (unpaired) electrons. The molecule has 13 nitrogen and oxygen atoms in total. The maximum absolute atomic E-state index is 12.6. The molecule has 0 N–H and O–H groups in total. The Morgan fingerprint density at radius 3 is 1.53 bits per heavy atom. The Morgan fingerprint density at radius 1 is 0.617 bits per heavy atom. The van der Waals surface area contributed by atoms with E-state index >= 15 is 0 Å². The van der Waals surface area contributed by atoms with E-state index in [0.29, 0.717) is 18.7 Å². The van der Waals surface area contributed by atoms with E-state index in [0.717, 1.165) is 27.8 Å². The van der Waals surface area contributed by atoms with Gasteiger partial charge in [0.1, 0.15) is 5.04 Å². The summed E-state index contributed by atoms with van der Waals surface area (Å²) < 4.78 is 51.3. The van der Waals surface area contributed by atoms with Crippen LogP contribution in [0, 0.1) is 20.8 Å². The van der Waals surface area contributed by atoms with E-state index in [-0.39, 0.29) is 39.7 Å². The molecule has 0 spiro atoms. The van der Waals surface area contributed by atoms with Crippen LogP contribution in [0.4, 0.5) is 4.79 Å². The highest BCUT2D eigenvalue weighted by atomic mass is 32.2. The molecule has 60 heavy (non-hydrogen) atoms. The molecular formula is C45H47N4O9S2-. The van der Waals surface area contributed by atoms with Crippen molar-refractivity contribution < 1.29 is 41.2 Å². The Bertz CT molecular complexity index is 2380. The first-order valence-electron chi connectivity index (χ1n) is 19.0. The van der Waals surface area contributed by atoms with E-state index < -0.39 is 27.0 Å². The zero-order valence-electron chi connectivity index (χ0n) is 33.9. The van der Waals surface area contributed by atoms with Crippen LogP contribution in [0.3, 0.4) is 0 Å². The lowest BCUT2D eigenvalue weighted by Crippen LogP contribution is -2.25. The SMILES string of the molecule is CN(C)C(=O)OC1=NOC(c2ccccc2)C1.Cc1ccc(C2CC(S(=O)(=O)c3ccc(C)cc3)=NO2)cc1.Cc1ccccc1.O=S([O-])C1=NOC(c2ccccc2)C1. The van der Waals surface area contributed by atoms with Gasteiger partial charge in [0.2, 0.25) is 15.7 Å². The molecule has 314 valence electrons. The lowest BCUT2D eigenvalue weighted by Gasteiger charge is -2.09. The highest BCUT2D eigenvalue weighted by Crippen LogP contribution is 2.32. The third kappa shape index (κ3) is 13.2. The number of hydrogen-bond acceptors (Lipinski definition) is 12. The number of rotatable bonds is 4. The number of oxime groups is 3. The minimum atomic E-state index is -3.58. The van der Waals surface area contributed by atoms with Crippen LogP contribution in [-0.4, -0.2) is 58.3 Å². The van der Waals surface area contributed by atoms with E-state index in [1.165, 1.54) is 10.5 Å². The highest BCUT2D eigenvalue weighted by Gasteiger charge is 2.33. The summed E-state index contributed by atoms with van der Waals surface area (Å²) >= 11 is -2.26. The topological polar surface area (TPSA) is 169 Å². The van der Waals surface area contributed by atoms with Crippen molar-refractivity contribution >= 4 is 43.0 Å². The van der Waals surface area contributed by atoms with Crippen LogP contribution in [-0.2, 0) is 40.2 Å². The summed E-state index contributed by atoms with van der Waals surface area (Å²) in [6.07, 6.45) is -0.148. The number of benzene rings is 5. The molecular weight excluding hydrogens is 805 g/mol. The predicted molar refractivity (Wildman–Crippen MR) is 230 cm³/mol. The fourth-order valence-electron chi connectivity index (χ4n) is 5.62. The van der Waals surface area contributed by atoms with Crippen LogP contribution in [0.2, 0.25) is 0 Å². The van der Waals surface area contributed by atoms with Gasteiger partial charge in [-0.3, -0.25) is 4.21 Å². The number of aryl methyl sites for hydroxylation is 3. The molecule has 4 unspecified atom stereocenters. The number of amides is 1. The van der Waals surface area contributed by atoms with Gasteiger partial charge in [0.25, 0.3) is 0 Å². The van der Waals surface area contributed by atoms with Crippen molar-refractivity contribution in [1.82, 2.24) is 4.90 Å². The predicted octanol–water partition coefficient (Wildman–Crippen LogP) is 9.05. The second-order valence-corrected chi connectivity index (χ2v) is 16.9. The van der Waals surface area contributed by atoms with E-state index in [1.54, 1.807) is 38.4 Å². The molecule has 15 heteroatoms. The smallest absolute Gasteiger partial charge is 0.415 e. The van der Waals surface area contributed by atoms with Gasteiger partial charge in [-0.25, -0.2) is 13.2 Å². The second kappa shape index (κ2) is 21.7. The molecule has 0 saturated carbocycles. The van der Waals surface area contributed by atoms with Crippen molar-refractivity contribution in [2.75, 3.05) is 14.1 Å². The van der Waals surface area contributed by atoms with Crippen molar-refractivity contribution in [2.24, 2.45) is 15.5 Å². The zero-order valence-corrected chi connectivity index (χ0v) is 35.5.